The van der Waals surface area contributed by atoms with Gasteiger partial charge in [-0.25, -0.2) is 12.8 Å². The van der Waals surface area contributed by atoms with Crippen molar-refractivity contribution in [3.05, 3.63) is 76.3 Å². The van der Waals surface area contributed by atoms with Crippen LogP contribution in [0.5, 0.6) is 0 Å². The second-order valence-corrected chi connectivity index (χ2v) is 9.03. The zero-order valence-corrected chi connectivity index (χ0v) is 16.9. The van der Waals surface area contributed by atoms with Crippen LogP contribution < -0.4 is 5.56 Å². The van der Waals surface area contributed by atoms with Gasteiger partial charge in [-0.05, 0) is 36.8 Å². The summed E-state index contributed by atoms with van der Waals surface area (Å²) in [5.74, 6) is -0.815. The number of hydrogen-bond donors (Lipinski definition) is 1. The second-order valence-electron chi connectivity index (χ2n) is 7.10. The van der Waals surface area contributed by atoms with Gasteiger partial charge in [0.1, 0.15) is 5.82 Å². The van der Waals surface area contributed by atoms with E-state index in [0.717, 1.165) is 12.1 Å². The summed E-state index contributed by atoms with van der Waals surface area (Å²) < 4.78 is 40.2. The van der Waals surface area contributed by atoms with Gasteiger partial charge in [0.05, 0.1) is 10.5 Å². The van der Waals surface area contributed by atoms with E-state index in [-0.39, 0.29) is 36.0 Å². The molecular formula is C21H20FN3O4S. The molecule has 0 atom stereocenters. The third kappa shape index (κ3) is 3.86. The Balaban J connectivity index is 1.57. The van der Waals surface area contributed by atoms with E-state index >= 15 is 0 Å². The highest BCUT2D eigenvalue weighted by Crippen LogP contribution is 2.21. The molecule has 0 spiro atoms. The number of nitrogens with one attached hydrogen (secondary N) is 1. The minimum absolute atomic E-state index is 0.0178. The number of pyridine rings is 1. The second kappa shape index (κ2) is 8.00. The van der Waals surface area contributed by atoms with Crippen LogP contribution in [0.3, 0.4) is 0 Å². The Hall–Kier alpha value is -3.04. The monoisotopic (exact) mass is 429 g/mol. The third-order valence-corrected chi connectivity index (χ3v) is 7.09. The number of para-hydroxylation sites is 1. The highest BCUT2D eigenvalue weighted by Gasteiger charge is 2.29. The summed E-state index contributed by atoms with van der Waals surface area (Å²) in [6.07, 6.45) is 0.452. The first-order valence-corrected chi connectivity index (χ1v) is 11.0. The highest BCUT2D eigenvalue weighted by atomic mass is 32.2. The molecule has 9 heteroatoms. The maximum absolute atomic E-state index is 13.1. The summed E-state index contributed by atoms with van der Waals surface area (Å²) >= 11 is 0. The van der Waals surface area contributed by atoms with Gasteiger partial charge in [-0.2, -0.15) is 4.31 Å². The van der Waals surface area contributed by atoms with Crippen LogP contribution in [0.1, 0.15) is 16.8 Å². The Bertz CT molecular complexity index is 1260. The van der Waals surface area contributed by atoms with Gasteiger partial charge in [0.2, 0.25) is 15.6 Å². The average Bonchev–Trinajstić information content (AvgIpc) is 3.00. The summed E-state index contributed by atoms with van der Waals surface area (Å²) in [5, 5.41) is 0.641. The summed E-state index contributed by atoms with van der Waals surface area (Å²) in [5.41, 5.74) is 0.500. The topological polar surface area (TPSA) is 90.6 Å². The minimum Gasteiger partial charge on any atom is -0.337 e. The number of aromatic nitrogens is 1. The summed E-state index contributed by atoms with van der Waals surface area (Å²) in [6.45, 7) is 0.933. The molecule has 0 unspecified atom stereocenters. The molecule has 1 saturated heterocycles. The number of sulfonamides is 1. The molecule has 0 bridgehead atoms. The number of amides is 1. The number of aromatic amines is 1. The fraction of sp³-hybridized carbons (Fsp3) is 0.238. The standard InChI is InChI=1S/C21H20FN3O4S/c22-15-6-8-16(9-7-15)30(28,29)25-11-3-10-24(12-13-25)21(27)18-14-20(26)23-19-5-2-1-4-17(18)19/h1-2,4-9,14H,3,10-13H2,(H,23,26). The molecule has 0 radical (unpaired) electrons. The first-order chi connectivity index (χ1) is 14.4. The molecule has 156 valence electrons. The number of H-pyrrole nitrogens is 1. The molecule has 1 amide bonds. The van der Waals surface area contributed by atoms with Crippen molar-refractivity contribution in [1.29, 1.82) is 0 Å². The number of carbonyl (C=O) groups is 1. The predicted octanol–water partition coefficient (Wildman–Crippen LogP) is 2.20. The van der Waals surface area contributed by atoms with Crippen molar-refractivity contribution in [3.63, 3.8) is 0 Å². The van der Waals surface area contributed by atoms with Crippen LogP contribution in [0.25, 0.3) is 10.9 Å². The first-order valence-electron chi connectivity index (χ1n) is 9.53. The molecule has 2 heterocycles. The molecule has 1 aliphatic rings. The smallest absolute Gasteiger partial charge is 0.254 e. The Morgan fingerprint density at radius 3 is 2.47 bits per heavy atom. The van der Waals surface area contributed by atoms with Crippen LogP contribution in [0.2, 0.25) is 0 Å². The number of rotatable bonds is 3. The van der Waals surface area contributed by atoms with E-state index in [1.807, 2.05) is 0 Å². The molecule has 2 aromatic carbocycles. The summed E-state index contributed by atoms with van der Waals surface area (Å²) in [6, 6.07) is 13.0. The SMILES string of the molecule is O=C(c1cc(=O)[nH]c2ccccc12)N1CCCN(S(=O)(=O)c2ccc(F)cc2)CC1. The van der Waals surface area contributed by atoms with Crippen LogP contribution >= 0.6 is 0 Å². The lowest BCUT2D eigenvalue weighted by Crippen LogP contribution is -2.37. The van der Waals surface area contributed by atoms with E-state index < -0.39 is 15.8 Å². The molecule has 0 aliphatic carbocycles. The van der Waals surface area contributed by atoms with E-state index in [0.29, 0.717) is 29.4 Å². The van der Waals surface area contributed by atoms with Gasteiger partial charge in [0, 0.05) is 43.1 Å². The molecule has 1 fully saturated rings. The van der Waals surface area contributed by atoms with Gasteiger partial charge in [0.25, 0.3) is 5.91 Å². The largest absolute Gasteiger partial charge is 0.337 e. The van der Waals surface area contributed by atoms with Gasteiger partial charge in [-0.15, -0.1) is 0 Å². The molecule has 30 heavy (non-hydrogen) atoms. The number of halogens is 1. The van der Waals surface area contributed by atoms with E-state index in [9.17, 15) is 22.4 Å². The molecule has 7 nitrogen and oxygen atoms in total. The third-order valence-electron chi connectivity index (χ3n) is 5.17. The van der Waals surface area contributed by atoms with Crippen molar-refractivity contribution in [2.24, 2.45) is 0 Å². The van der Waals surface area contributed by atoms with Gasteiger partial charge >= 0.3 is 0 Å². The van der Waals surface area contributed by atoms with Crippen molar-refractivity contribution in [3.8, 4) is 0 Å². The van der Waals surface area contributed by atoms with E-state index in [4.69, 9.17) is 0 Å². The molecule has 1 N–H and O–H groups in total. The van der Waals surface area contributed by atoms with E-state index in [2.05, 4.69) is 4.98 Å². The van der Waals surface area contributed by atoms with Crippen LogP contribution in [-0.2, 0) is 10.0 Å². The molecular weight excluding hydrogens is 409 g/mol. The van der Waals surface area contributed by atoms with Crippen LogP contribution in [0.4, 0.5) is 4.39 Å². The van der Waals surface area contributed by atoms with Crippen molar-refractivity contribution in [2.75, 3.05) is 26.2 Å². The van der Waals surface area contributed by atoms with E-state index in [1.165, 1.54) is 22.5 Å². The first kappa shape index (κ1) is 20.2. The van der Waals surface area contributed by atoms with Crippen molar-refractivity contribution < 1.29 is 17.6 Å². The lowest BCUT2D eigenvalue weighted by molar-refractivity contribution is 0.0766. The van der Waals surface area contributed by atoms with Crippen LogP contribution in [0, 0.1) is 5.82 Å². The van der Waals surface area contributed by atoms with Crippen LogP contribution in [0.15, 0.2) is 64.3 Å². The number of fused-ring (bicyclic) bond motifs is 1. The van der Waals surface area contributed by atoms with E-state index in [1.54, 1.807) is 29.2 Å². The fourth-order valence-corrected chi connectivity index (χ4v) is 5.11. The van der Waals surface area contributed by atoms with Crippen molar-refractivity contribution >= 4 is 26.8 Å². The quantitative estimate of drug-likeness (QED) is 0.691. The zero-order valence-electron chi connectivity index (χ0n) is 16.0. The number of benzene rings is 2. The lowest BCUT2D eigenvalue weighted by atomic mass is 10.1. The van der Waals surface area contributed by atoms with Crippen molar-refractivity contribution in [2.45, 2.75) is 11.3 Å². The Labute approximate surface area is 172 Å². The highest BCUT2D eigenvalue weighted by molar-refractivity contribution is 7.89. The summed E-state index contributed by atoms with van der Waals surface area (Å²) in [7, 11) is -3.78. The van der Waals surface area contributed by atoms with Gasteiger partial charge in [0.15, 0.2) is 0 Å². The van der Waals surface area contributed by atoms with Gasteiger partial charge in [-0.3, -0.25) is 9.59 Å². The van der Waals surface area contributed by atoms with Crippen LogP contribution in [-0.4, -0.2) is 54.7 Å². The Kier molecular flexibility index (Phi) is 5.40. The average molecular weight is 429 g/mol. The number of hydrogen-bond acceptors (Lipinski definition) is 4. The Morgan fingerprint density at radius 1 is 0.967 bits per heavy atom. The minimum atomic E-state index is -3.78. The van der Waals surface area contributed by atoms with Gasteiger partial charge in [-0.1, -0.05) is 18.2 Å². The predicted molar refractivity (Wildman–Crippen MR) is 110 cm³/mol. The normalized spacial score (nSPS) is 15.8. The molecule has 3 aromatic rings. The molecule has 0 saturated carbocycles. The Morgan fingerprint density at radius 2 is 1.70 bits per heavy atom. The number of nitrogens with zero attached hydrogens (tertiary/aromatic N) is 2. The maximum atomic E-state index is 13.1. The number of carbonyl (C=O) groups excluding carboxylic acids is 1. The molecule has 4 rings (SSSR count). The van der Waals surface area contributed by atoms with Gasteiger partial charge < -0.3 is 9.88 Å². The fourth-order valence-electron chi connectivity index (χ4n) is 3.64. The lowest BCUT2D eigenvalue weighted by Gasteiger charge is -2.22. The molecule has 1 aromatic heterocycles. The van der Waals surface area contributed by atoms with Crippen molar-refractivity contribution in [1.82, 2.24) is 14.2 Å². The summed E-state index contributed by atoms with van der Waals surface area (Å²) in [4.78, 5) is 29.4. The maximum Gasteiger partial charge on any atom is 0.254 e. The molecule has 1 aliphatic heterocycles. The zero-order chi connectivity index (χ0) is 21.3.